The van der Waals surface area contributed by atoms with Gasteiger partial charge in [0.2, 0.25) is 13.1 Å². The molecule has 2 heteroatoms. The molecule has 3 unspecified atom stereocenters. The molecule has 0 radical (unpaired) electrons. The predicted molar refractivity (Wildman–Crippen MR) is 177 cm³/mol. The fourth-order valence-corrected chi connectivity index (χ4v) is 7.17. The molecule has 0 bridgehead atoms. The molecule has 1 aliphatic rings. The SMILES string of the molecule is [C-]#[N+]CCCCCCCCC1=CCC(CCCCCC)C(CCCCCCCC)C1CCCCCCCC[N+]#[C-]. The number of hydrogen-bond donors (Lipinski definition) is 0. The van der Waals surface area contributed by atoms with Gasteiger partial charge in [-0.25, -0.2) is 13.1 Å². The maximum absolute atomic E-state index is 6.99. The lowest BCUT2D eigenvalue weighted by atomic mass is 9.66. The molecule has 0 amide bonds. The zero-order valence-electron chi connectivity index (χ0n) is 27.2. The Balaban J connectivity index is 2.72. The van der Waals surface area contributed by atoms with E-state index in [1.807, 2.05) is 5.57 Å². The van der Waals surface area contributed by atoms with E-state index in [4.69, 9.17) is 13.1 Å². The van der Waals surface area contributed by atoms with Crippen LogP contribution in [0.2, 0.25) is 0 Å². The maximum atomic E-state index is 6.99. The molecule has 0 spiro atoms. The van der Waals surface area contributed by atoms with Gasteiger partial charge in [0.1, 0.15) is 0 Å². The molecule has 0 aromatic heterocycles. The van der Waals surface area contributed by atoms with E-state index < -0.39 is 0 Å². The molecule has 0 aromatic rings. The molecule has 230 valence electrons. The van der Waals surface area contributed by atoms with Crippen molar-refractivity contribution < 1.29 is 0 Å². The average Bonchev–Trinajstić information content (AvgIpc) is 2.97. The Bertz CT molecular complexity index is 666. The van der Waals surface area contributed by atoms with Gasteiger partial charge in [0.15, 0.2) is 0 Å². The summed E-state index contributed by atoms with van der Waals surface area (Å²) in [5.74, 6) is 2.71. The fraction of sp³-hybridized carbons (Fsp3) is 0.895. The van der Waals surface area contributed by atoms with E-state index >= 15 is 0 Å². The Kier molecular flexibility index (Phi) is 25.6. The van der Waals surface area contributed by atoms with Gasteiger partial charge in [0.25, 0.3) is 0 Å². The van der Waals surface area contributed by atoms with Crippen molar-refractivity contribution >= 4 is 0 Å². The van der Waals surface area contributed by atoms with Crippen LogP contribution in [-0.4, -0.2) is 13.1 Å². The second-order valence-electron chi connectivity index (χ2n) is 13.0. The van der Waals surface area contributed by atoms with Crippen LogP contribution in [0, 0.1) is 30.9 Å². The molecule has 1 aliphatic carbocycles. The number of unbranched alkanes of at least 4 members (excludes halogenated alkanes) is 18. The smallest absolute Gasteiger partial charge is 0.214 e. The van der Waals surface area contributed by atoms with E-state index in [9.17, 15) is 0 Å². The summed E-state index contributed by atoms with van der Waals surface area (Å²) >= 11 is 0. The Morgan fingerprint density at radius 3 is 1.57 bits per heavy atom. The summed E-state index contributed by atoms with van der Waals surface area (Å²) in [5, 5.41) is 0. The molecule has 40 heavy (non-hydrogen) atoms. The van der Waals surface area contributed by atoms with Crippen molar-refractivity contribution in [2.45, 2.75) is 187 Å². The molecule has 2 nitrogen and oxygen atoms in total. The van der Waals surface area contributed by atoms with E-state index in [1.54, 1.807) is 0 Å². The molecule has 0 aromatic carbocycles. The zero-order valence-corrected chi connectivity index (χ0v) is 27.2. The van der Waals surface area contributed by atoms with Crippen molar-refractivity contribution in [1.29, 1.82) is 0 Å². The van der Waals surface area contributed by atoms with Gasteiger partial charge in [-0.2, -0.15) is 0 Å². The lowest BCUT2D eigenvalue weighted by molar-refractivity contribution is 0.184. The van der Waals surface area contributed by atoms with Crippen LogP contribution in [0.15, 0.2) is 11.6 Å². The average molecular weight is 553 g/mol. The fourth-order valence-electron chi connectivity index (χ4n) is 7.17. The van der Waals surface area contributed by atoms with Crippen LogP contribution in [0.25, 0.3) is 9.69 Å². The molecular weight excluding hydrogens is 484 g/mol. The first-order valence-electron chi connectivity index (χ1n) is 18.1. The highest BCUT2D eigenvalue weighted by molar-refractivity contribution is 5.14. The highest BCUT2D eigenvalue weighted by Crippen LogP contribution is 2.45. The van der Waals surface area contributed by atoms with Crippen LogP contribution in [-0.2, 0) is 0 Å². The van der Waals surface area contributed by atoms with E-state index in [0.717, 1.165) is 43.7 Å². The van der Waals surface area contributed by atoms with Crippen LogP contribution in [0.4, 0.5) is 0 Å². The molecule has 0 saturated carbocycles. The van der Waals surface area contributed by atoms with E-state index in [2.05, 4.69) is 29.6 Å². The Labute approximate surface area is 252 Å². The highest BCUT2D eigenvalue weighted by atomic mass is 14.6. The van der Waals surface area contributed by atoms with Gasteiger partial charge in [0, 0.05) is 12.8 Å². The van der Waals surface area contributed by atoms with Crippen molar-refractivity contribution in [2.24, 2.45) is 17.8 Å². The molecule has 3 atom stereocenters. The van der Waals surface area contributed by atoms with Gasteiger partial charge in [0.05, 0.1) is 0 Å². The first-order chi connectivity index (χ1) is 19.8. The third-order valence-electron chi connectivity index (χ3n) is 9.62. The van der Waals surface area contributed by atoms with E-state index in [0.29, 0.717) is 0 Å². The number of hydrogen-bond acceptors (Lipinski definition) is 0. The summed E-state index contributed by atoms with van der Waals surface area (Å²) in [6.07, 6.45) is 39.5. The number of allylic oxidation sites excluding steroid dienone is 2. The standard InChI is InChI=1S/C38H68N2/c1-5-7-9-11-17-23-29-37-35(27-21-10-8-6-2)31-32-36(28-22-16-12-14-19-25-33-39-3)38(37)30-24-18-13-15-20-26-34-40-4/h32,35,37-38H,5-31,33-34H2,1-2H3. The minimum Gasteiger partial charge on any atom is -0.317 e. The third kappa shape index (κ3) is 19.0. The van der Waals surface area contributed by atoms with Crippen molar-refractivity contribution in [2.75, 3.05) is 13.1 Å². The normalized spacial score (nSPS) is 18.8. The first-order valence-corrected chi connectivity index (χ1v) is 18.1. The number of rotatable bonds is 28. The zero-order chi connectivity index (χ0) is 28.9. The van der Waals surface area contributed by atoms with Crippen molar-refractivity contribution in [3.63, 3.8) is 0 Å². The van der Waals surface area contributed by atoms with Gasteiger partial charge >= 0.3 is 0 Å². The maximum Gasteiger partial charge on any atom is 0.214 e. The predicted octanol–water partition coefficient (Wildman–Crippen LogP) is 13.2. The lowest BCUT2D eigenvalue weighted by Gasteiger charge is -2.40. The monoisotopic (exact) mass is 553 g/mol. The van der Waals surface area contributed by atoms with Gasteiger partial charge in [-0.15, -0.1) is 0 Å². The van der Waals surface area contributed by atoms with Crippen LogP contribution in [0.3, 0.4) is 0 Å². The van der Waals surface area contributed by atoms with Gasteiger partial charge in [-0.05, 0) is 69.1 Å². The van der Waals surface area contributed by atoms with Crippen LogP contribution in [0.1, 0.15) is 187 Å². The Hall–Kier alpha value is -1.28. The summed E-state index contributed by atoms with van der Waals surface area (Å²) < 4.78 is 0. The largest absolute Gasteiger partial charge is 0.317 e. The Morgan fingerprint density at radius 2 is 1.00 bits per heavy atom. The molecule has 0 saturated heterocycles. The molecule has 1 rings (SSSR count). The summed E-state index contributed by atoms with van der Waals surface area (Å²) in [6.45, 7) is 20.0. The third-order valence-corrected chi connectivity index (χ3v) is 9.62. The summed E-state index contributed by atoms with van der Waals surface area (Å²) in [4.78, 5) is 7.02. The van der Waals surface area contributed by atoms with Crippen LogP contribution >= 0.6 is 0 Å². The second kappa shape index (κ2) is 27.9. The van der Waals surface area contributed by atoms with Gasteiger partial charge in [-0.3, -0.25) is 0 Å². The summed E-state index contributed by atoms with van der Waals surface area (Å²) in [5.41, 5.74) is 1.85. The van der Waals surface area contributed by atoms with Crippen LogP contribution in [0.5, 0.6) is 0 Å². The topological polar surface area (TPSA) is 8.72 Å². The van der Waals surface area contributed by atoms with Crippen molar-refractivity contribution in [1.82, 2.24) is 0 Å². The van der Waals surface area contributed by atoms with E-state index in [-0.39, 0.29) is 0 Å². The molecule has 0 fully saturated rings. The lowest BCUT2D eigenvalue weighted by Crippen LogP contribution is -2.29. The highest BCUT2D eigenvalue weighted by Gasteiger charge is 2.33. The Morgan fingerprint density at radius 1 is 0.550 bits per heavy atom. The van der Waals surface area contributed by atoms with E-state index in [1.165, 1.54) is 161 Å². The van der Waals surface area contributed by atoms with Gasteiger partial charge < -0.3 is 9.69 Å². The minimum atomic E-state index is 0.717. The molecule has 0 heterocycles. The summed E-state index contributed by atoms with van der Waals surface area (Å²) in [6, 6.07) is 0. The quantitative estimate of drug-likeness (QED) is 0.0518. The van der Waals surface area contributed by atoms with Crippen LogP contribution < -0.4 is 0 Å². The molecule has 0 aliphatic heterocycles. The van der Waals surface area contributed by atoms with Crippen molar-refractivity contribution in [3.05, 3.63) is 34.5 Å². The molecular formula is C38H68N2. The molecule has 0 N–H and O–H groups in total. The number of nitrogens with zero attached hydrogens (tertiary/aromatic N) is 2. The van der Waals surface area contributed by atoms with Crippen molar-refractivity contribution in [3.8, 4) is 0 Å². The summed E-state index contributed by atoms with van der Waals surface area (Å²) in [7, 11) is 0. The minimum absolute atomic E-state index is 0.717. The first kappa shape index (κ1) is 36.7. The second-order valence-corrected chi connectivity index (χ2v) is 13.0. The van der Waals surface area contributed by atoms with Gasteiger partial charge in [-0.1, -0.05) is 135 Å².